The summed E-state index contributed by atoms with van der Waals surface area (Å²) in [5.41, 5.74) is 8.64. The van der Waals surface area contributed by atoms with E-state index < -0.39 is 0 Å². The molecule has 1 aromatic carbocycles. The van der Waals surface area contributed by atoms with Crippen LogP contribution in [0, 0.1) is 27.7 Å². The first kappa shape index (κ1) is 13.2. The molecule has 0 radical (unpaired) electrons. The lowest BCUT2D eigenvalue weighted by Crippen LogP contribution is -2.00. The highest BCUT2D eigenvalue weighted by atomic mass is 35.5. The molecule has 96 valence electrons. The van der Waals surface area contributed by atoms with E-state index in [-0.39, 0.29) is 0 Å². The van der Waals surface area contributed by atoms with E-state index in [1.54, 1.807) is 0 Å². The van der Waals surface area contributed by atoms with Gasteiger partial charge in [0.25, 0.3) is 0 Å². The molecule has 0 aliphatic carbocycles. The molecule has 0 saturated heterocycles. The molecular weight excluding hydrogens is 244 g/mol. The van der Waals surface area contributed by atoms with Crippen molar-refractivity contribution in [1.29, 1.82) is 0 Å². The van der Waals surface area contributed by atoms with Gasteiger partial charge in [0.2, 0.25) is 0 Å². The normalized spacial score (nSPS) is 11.0. The first-order chi connectivity index (χ1) is 8.45. The monoisotopic (exact) mass is 262 g/mol. The third-order valence-corrected chi connectivity index (χ3v) is 3.96. The van der Waals surface area contributed by atoms with E-state index in [2.05, 4.69) is 44.9 Å². The summed E-state index contributed by atoms with van der Waals surface area (Å²) in [5.74, 6) is 0.455. The maximum atomic E-state index is 5.87. The number of aryl methyl sites for hydroxylation is 3. The fourth-order valence-corrected chi connectivity index (χ4v) is 2.56. The van der Waals surface area contributed by atoms with Gasteiger partial charge in [-0.15, -0.1) is 11.6 Å². The Morgan fingerprint density at radius 2 is 1.61 bits per heavy atom. The molecule has 0 aliphatic heterocycles. The molecule has 0 aliphatic rings. The van der Waals surface area contributed by atoms with Crippen LogP contribution in [0.2, 0.25) is 0 Å². The Hall–Kier alpha value is -1.28. The van der Waals surface area contributed by atoms with Crippen LogP contribution in [0.4, 0.5) is 0 Å². The Kier molecular flexibility index (Phi) is 3.49. The molecule has 2 aromatic rings. The van der Waals surface area contributed by atoms with E-state index in [1.807, 2.05) is 11.7 Å². The van der Waals surface area contributed by atoms with E-state index >= 15 is 0 Å². The Labute approximate surface area is 114 Å². The van der Waals surface area contributed by atoms with Crippen LogP contribution < -0.4 is 0 Å². The van der Waals surface area contributed by atoms with Crippen LogP contribution in [-0.2, 0) is 12.9 Å². The molecule has 0 amide bonds. The molecule has 1 heterocycles. The average molecular weight is 263 g/mol. The van der Waals surface area contributed by atoms with Crippen molar-refractivity contribution >= 4 is 11.6 Å². The van der Waals surface area contributed by atoms with Crippen molar-refractivity contribution < 1.29 is 0 Å². The Bertz CT molecular complexity index is 571. The molecule has 2 rings (SSSR count). The number of hydrogen-bond acceptors (Lipinski definition) is 1. The van der Waals surface area contributed by atoms with Gasteiger partial charge in [-0.3, -0.25) is 4.68 Å². The molecule has 0 saturated carbocycles. The molecule has 0 unspecified atom stereocenters. The van der Waals surface area contributed by atoms with Gasteiger partial charge in [-0.2, -0.15) is 5.10 Å². The number of rotatable bonds is 2. The Balaban J connectivity index is 2.73. The van der Waals surface area contributed by atoms with Crippen molar-refractivity contribution in [2.75, 3.05) is 0 Å². The lowest BCUT2D eigenvalue weighted by Gasteiger charge is -2.15. The minimum atomic E-state index is 0.455. The van der Waals surface area contributed by atoms with E-state index in [1.165, 1.54) is 27.8 Å². The number of halogens is 1. The molecule has 2 nitrogen and oxygen atoms in total. The van der Waals surface area contributed by atoms with Crippen molar-refractivity contribution in [2.45, 2.75) is 33.6 Å². The topological polar surface area (TPSA) is 17.8 Å². The molecule has 18 heavy (non-hydrogen) atoms. The van der Waals surface area contributed by atoms with Gasteiger partial charge in [0.05, 0.1) is 17.3 Å². The van der Waals surface area contributed by atoms with Gasteiger partial charge in [-0.05, 0) is 56.0 Å². The van der Waals surface area contributed by atoms with Gasteiger partial charge in [0.15, 0.2) is 0 Å². The van der Waals surface area contributed by atoms with Crippen LogP contribution in [-0.4, -0.2) is 9.78 Å². The minimum absolute atomic E-state index is 0.455. The molecule has 0 atom stereocenters. The summed E-state index contributed by atoms with van der Waals surface area (Å²) in [7, 11) is 1.97. The lowest BCUT2D eigenvalue weighted by molar-refractivity contribution is 0.760. The molecular formula is C15H19ClN2. The fraction of sp³-hybridized carbons (Fsp3) is 0.400. The largest absolute Gasteiger partial charge is 0.268 e. The number of benzene rings is 1. The smallest absolute Gasteiger partial charge is 0.0778 e. The van der Waals surface area contributed by atoms with E-state index in [0.717, 1.165) is 11.4 Å². The van der Waals surface area contributed by atoms with E-state index in [9.17, 15) is 0 Å². The predicted molar refractivity (Wildman–Crippen MR) is 77.1 cm³/mol. The van der Waals surface area contributed by atoms with Crippen LogP contribution in [0.5, 0.6) is 0 Å². The zero-order valence-corrected chi connectivity index (χ0v) is 12.4. The molecule has 0 bridgehead atoms. The third-order valence-electron chi connectivity index (χ3n) is 3.69. The molecule has 0 N–H and O–H groups in total. The summed E-state index contributed by atoms with van der Waals surface area (Å²) < 4.78 is 1.92. The first-order valence-electron chi connectivity index (χ1n) is 6.12. The maximum absolute atomic E-state index is 5.87. The average Bonchev–Trinajstić information content (AvgIpc) is 2.69. The Morgan fingerprint density at radius 3 is 2.06 bits per heavy atom. The van der Waals surface area contributed by atoms with Crippen LogP contribution in [0.1, 0.15) is 27.9 Å². The molecule has 1 aromatic heterocycles. The van der Waals surface area contributed by atoms with Crippen LogP contribution in [0.15, 0.2) is 12.1 Å². The number of hydrogen-bond donors (Lipinski definition) is 0. The fourth-order valence-electron chi connectivity index (χ4n) is 2.43. The number of aromatic nitrogens is 2. The molecule has 3 heteroatoms. The van der Waals surface area contributed by atoms with Gasteiger partial charge in [-0.1, -0.05) is 6.07 Å². The second-order valence-electron chi connectivity index (χ2n) is 4.91. The SMILES string of the molecule is Cc1cc(C)c(C)c(-c2cc(CCl)nn2C)c1C. The quantitative estimate of drug-likeness (QED) is 0.747. The lowest BCUT2D eigenvalue weighted by atomic mass is 9.92. The summed E-state index contributed by atoms with van der Waals surface area (Å²) in [5, 5.41) is 4.43. The second-order valence-corrected chi connectivity index (χ2v) is 5.18. The minimum Gasteiger partial charge on any atom is -0.268 e. The second kappa shape index (κ2) is 4.77. The van der Waals surface area contributed by atoms with Crippen molar-refractivity contribution in [3.05, 3.63) is 40.1 Å². The molecule has 0 fully saturated rings. The van der Waals surface area contributed by atoms with Crippen LogP contribution in [0.3, 0.4) is 0 Å². The van der Waals surface area contributed by atoms with Crippen molar-refractivity contribution in [1.82, 2.24) is 9.78 Å². The highest BCUT2D eigenvalue weighted by Gasteiger charge is 2.14. The third kappa shape index (κ3) is 2.05. The predicted octanol–water partition coefficient (Wildman–Crippen LogP) is 4.06. The number of nitrogens with zero attached hydrogens (tertiary/aromatic N) is 2. The van der Waals surface area contributed by atoms with Crippen LogP contribution in [0.25, 0.3) is 11.3 Å². The summed E-state index contributed by atoms with van der Waals surface area (Å²) in [6, 6.07) is 4.33. The van der Waals surface area contributed by atoms with Gasteiger partial charge < -0.3 is 0 Å². The zero-order valence-electron chi connectivity index (χ0n) is 11.6. The highest BCUT2D eigenvalue weighted by Crippen LogP contribution is 2.31. The van der Waals surface area contributed by atoms with Gasteiger partial charge in [0.1, 0.15) is 0 Å². The van der Waals surface area contributed by atoms with Crippen molar-refractivity contribution in [3.63, 3.8) is 0 Å². The maximum Gasteiger partial charge on any atom is 0.0778 e. The van der Waals surface area contributed by atoms with E-state index in [4.69, 9.17) is 11.6 Å². The van der Waals surface area contributed by atoms with Crippen molar-refractivity contribution in [2.24, 2.45) is 7.05 Å². The Morgan fingerprint density at radius 1 is 1.06 bits per heavy atom. The summed E-state index contributed by atoms with van der Waals surface area (Å²) >= 11 is 5.87. The summed E-state index contributed by atoms with van der Waals surface area (Å²) in [6.07, 6.45) is 0. The number of alkyl halides is 1. The first-order valence-corrected chi connectivity index (χ1v) is 6.65. The summed E-state index contributed by atoms with van der Waals surface area (Å²) in [4.78, 5) is 0. The highest BCUT2D eigenvalue weighted by molar-refractivity contribution is 6.16. The van der Waals surface area contributed by atoms with Gasteiger partial charge in [0, 0.05) is 12.6 Å². The zero-order chi connectivity index (χ0) is 13.4. The molecule has 0 spiro atoms. The van der Waals surface area contributed by atoms with Gasteiger partial charge >= 0.3 is 0 Å². The van der Waals surface area contributed by atoms with Crippen molar-refractivity contribution in [3.8, 4) is 11.3 Å². The summed E-state index contributed by atoms with van der Waals surface area (Å²) in [6.45, 7) is 8.66. The van der Waals surface area contributed by atoms with E-state index in [0.29, 0.717) is 5.88 Å². The van der Waals surface area contributed by atoms with Gasteiger partial charge in [-0.25, -0.2) is 0 Å². The standard InChI is InChI=1S/C15H19ClN2/c1-9-6-10(2)12(4)15(11(9)3)14-7-13(8-16)17-18(14)5/h6-7H,8H2,1-5H3. The van der Waals surface area contributed by atoms with Crippen LogP contribution >= 0.6 is 11.6 Å².